The van der Waals surface area contributed by atoms with Gasteiger partial charge in [-0.1, -0.05) is 19.9 Å². The number of aryl methyl sites for hydroxylation is 1. The second-order valence-electron chi connectivity index (χ2n) is 6.88. The van der Waals surface area contributed by atoms with Gasteiger partial charge in [-0.25, -0.2) is 9.97 Å². The molecule has 0 bridgehead atoms. The number of nitrogens with zero attached hydrogens (tertiary/aromatic N) is 3. The lowest BCUT2D eigenvalue weighted by atomic mass is 10.0. The number of aromatic nitrogens is 3. The zero-order valence-corrected chi connectivity index (χ0v) is 15.9. The number of carbonyl (C=O) groups is 2. The van der Waals surface area contributed by atoms with Crippen molar-refractivity contribution in [1.82, 2.24) is 14.5 Å². The molecule has 1 aromatic carbocycles. The van der Waals surface area contributed by atoms with Crippen molar-refractivity contribution >= 4 is 40.0 Å². The highest BCUT2D eigenvalue weighted by atomic mass is 16.1. The van der Waals surface area contributed by atoms with Crippen LogP contribution < -0.4 is 22.1 Å². The summed E-state index contributed by atoms with van der Waals surface area (Å²) in [6.45, 7) is 3.73. The van der Waals surface area contributed by atoms with Gasteiger partial charge in [0.2, 0.25) is 5.91 Å². The van der Waals surface area contributed by atoms with Gasteiger partial charge in [0.15, 0.2) is 11.5 Å². The summed E-state index contributed by atoms with van der Waals surface area (Å²) in [7, 11) is 1.95. The van der Waals surface area contributed by atoms with Crippen LogP contribution in [0.3, 0.4) is 0 Å². The van der Waals surface area contributed by atoms with Crippen LogP contribution in [0, 0.1) is 5.92 Å². The predicted octanol–water partition coefficient (Wildman–Crippen LogP) is 1.73. The number of nitrogens with one attached hydrogen (secondary N) is 2. The van der Waals surface area contributed by atoms with E-state index in [1.807, 2.05) is 55.9 Å². The first-order valence-corrected chi connectivity index (χ1v) is 8.81. The molecule has 3 aromatic rings. The fourth-order valence-corrected chi connectivity index (χ4v) is 2.99. The molecule has 0 spiro atoms. The maximum Gasteiger partial charge on any atom is 0.271 e. The van der Waals surface area contributed by atoms with Gasteiger partial charge in [-0.3, -0.25) is 9.59 Å². The molecule has 0 aliphatic heterocycles. The normalized spacial score (nSPS) is 12.1. The average molecular weight is 381 g/mol. The minimum absolute atomic E-state index is 0.00124. The van der Waals surface area contributed by atoms with Crippen LogP contribution in [-0.4, -0.2) is 32.4 Å². The van der Waals surface area contributed by atoms with Gasteiger partial charge in [0.05, 0.1) is 6.20 Å². The van der Waals surface area contributed by atoms with Gasteiger partial charge in [-0.2, -0.15) is 0 Å². The standard InChI is InChI=1S/C19H23N7O2/c1-10(2)15(17(20)27)24-14-9-22-16(18(21)28)19(25-14)23-12-5-4-6-13-11(12)7-8-26(13)3/h4-10,15H,1-3H3,(H2,20,27)(H2,21,28)(H2,23,24,25). The van der Waals surface area contributed by atoms with E-state index in [0.717, 1.165) is 16.6 Å². The smallest absolute Gasteiger partial charge is 0.271 e. The molecule has 0 fully saturated rings. The first-order chi connectivity index (χ1) is 13.3. The lowest BCUT2D eigenvalue weighted by molar-refractivity contribution is -0.119. The zero-order chi connectivity index (χ0) is 20.4. The SMILES string of the molecule is CC(C)C(Nc1cnc(C(N)=O)c(Nc2cccc3c2ccn3C)n1)C(N)=O. The molecule has 0 aliphatic carbocycles. The molecule has 0 aliphatic rings. The van der Waals surface area contributed by atoms with Gasteiger partial charge in [0, 0.05) is 29.8 Å². The molecule has 2 amide bonds. The Morgan fingerprint density at radius 2 is 1.93 bits per heavy atom. The number of anilines is 3. The molecule has 6 N–H and O–H groups in total. The number of amides is 2. The predicted molar refractivity (Wildman–Crippen MR) is 108 cm³/mol. The van der Waals surface area contributed by atoms with Crippen LogP contribution in [0.15, 0.2) is 36.7 Å². The maximum atomic E-state index is 11.8. The van der Waals surface area contributed by atoms with Crippen molar-refractivity contribution in [3.05, 3.63) is 42.4 Å². The molecule has 2 heterocycles. The molecule has 9 nitrogen and oxygen atoms in total. The number of benzene rings is 1. The summed E-state index contributed by atoms with van der Waals surface area (Å²) in [5.41, 5.74) is 12.7. The van der Waals surface area contributed by atoms with E-state index in [2.05, 4.69) is 20.6 Å². The molecular weight excluding hydrogens is 358 g/mol. The number of hydrogen-bond donors (Lipinski definition) is 4. The number of primary amides is 2. The van der Waals surface area contributed by atoms with E-state index in [1.165, 1.54) is 6.20 Å². The minimum Gasteiger partial charge on any atom is -0.368 e. The van der Waals surface area contributed by atoms with Crippen molar-refractivity contribution < 1.29 is 9.59 Å². The molecule has 2 aromatic heterocycles. The highest BCUT2D eigenvalue weighted by molar-refractivity contribution is 5.99. The molecule has 3 rings (SSSR count). The number of nitrogens with two attached hydrogens (primary N) is 2. The fraction of sp³-hybridized carbons (Fsp3) is 0.263. The zero-order valence-electron chi connectivity index (χ0n) is 15.9. The quantitative estimate of drug-likeness (QED) is 0.491. The van der Waals surface area contributed by atoms with E-state index in [4.69, 9.17) is 11.5 Å². The van der Waals surface area contributed by atoms with E-state index in [0.29, 0.717) is 5.82 Å². The van der Waals surface area contributed by atoms with Gasteiger partial charge >= 0.3 is 0 Å². The Bertz CT molecular complexity index is 1040. The summed E-state index contributed by atoms with van der Waals surface area (Å²) in [6, 6.07) is 7.08. The van der Waals surface area contributed by atoms with Crippen LogP contribution >= 0.6 is 0 Å². The molecule has 1 unspecified atom stereocenters. The number of carbonyl (C=O) groups excluding carboxylic acids is 2. The Labute approximate surface area is 162 Å². The highest BCUT2D eigenvalue weighted by Gasteiger charge is 2.21. The third-order valence-corrected chi connectivity index (χ3v) is 4.46. The number of rotatable bonds is 7. The van der Waals surface area contributed by atoms with E-state index >= 15 is 0 Å². The van der Waals surface area contributed by atoms with Crippen LogP contribution in [0.4, 0.5) is 17.3 Å². The number of hydrogen-bond acceptors (Lipinski definition) is 6. The van der Waals surface area contributed by atoms with Crippen molar-refractivity contribution in [2.75, 3.05) is 10.6 Å². The molecule has 28 heavy (non-hydrogen) atoms. The Morgan fingerprint density at radius 3 is 2.57 bits per heavy atom. The van der Waals surface area contributed by atoms with Crippen molar-refractivity contribution in [3.63, 3.8) is 0 Å². The lowest BCUT2D eigenvalue weighted by Crippen LogP contribution is -2.39. The summed E-state index contributed by atoms with van der Waals surface area (Å²) < 4.78 is 1.99. The third-order valence-electron chi connectivity index (χ3n) is 4.46. The summed E-state index contributed by atoms with van der Waals surface area (Å²) in [6.07, 6.45) is 3.29. The van der Waals surface area contributed by atoms with Crippen molar-refractivity contribution in [2.24, 2.45) is 24.4 Å². The third kappa shape index (κ3) is 3.73. The molecule has 0 radical (unpaired) electrons. The van der Waals surface area contributed by atoms with Crippen molar-refractivity contribution in [1.29, 1.82) is 0 Å². The summed E-state index contributed by atoms with van der Waals surface area (Å²) in [5.74, 6) is -0.757. The lowest BCUT2D eigenvalue weighted by Gasteiger charge is -2.20. The fourth-order valence-electron chi connectivity index (χ4n) is 2.99. The molecule has 0 saturated carbocycles. The van der Waals surface area contributed by atoms with Gasteiger partial charge in [0.1, 0.15) is 11.9 Å². The van der Waals surface area contributed by atoms with Gasteiger partial charge < -0.3 is 26.7 Å². The van der Waals surface area contributed by atoms with E-state index in [-0.39, 0.29) is 17.4 Å². The average Bonchev–Trinajstić information content (AvgIpc) is 3.01. The first-order valence-electron chi connectivity index (χ1n) is 8.81. The van der Waals surface area contributed by atoms with E-state index < -0.39 is 17.9 Å². The second kappa shape index (κ2) is 7.55. The number of fused-ring (bicyclic) bond motifs is 1. The Morgan fingerprint density at radius 1 is 1.18 bits per heavy atom. The second-order valence-corrected chi connectivity index (χ2v) is 6.88. The molecule has 146 valence electrons. The minimum atomic E-state index is -0.711. The summed E-state index contributed by atoms with van der Waals surface area (Å²) >= 11 is 0. The summed E-state index contributed by atoms with van der Waals surface area (Å²) in [4.78, 5) is 32.0. The van der Waals surface area contributed by atoms with E-state index in [1.54, 1.807) is 0 Å². The van der Waals surface area contributed by atoms with Crippen LogP contribution in [0.25, 0.3) is 10.9 Å². The topological polar surface area (TPSA) is 141 Å². The molecule has 0 saturated heterocycles. The Hall–Kier alpha value is -3.62. The van der Waals surface area contributed by atoms with Crippen LogP contribution in [0.2, 0.25) is 0 Å². The van der Waals surface area contributed by atoms with Gasteiger partial charge in [0.25, 0.3) is 5.91 Å². The first kappa shape index (κ1) is 19.2. The van der Waals surface area contributed by atoms with Gasteiger partial charge in [-0.15, -0.1) is 0 Å². The molecule has 1 atom stereocenters. The molecule has 9 heteroatoms. The van der Waals surface area contributed by atoms with Crippen LogP contribution in [0.1, 0.15) is 24.3 Å². The Kier molecular flexibility index (Phi) is 5.16. The Balaban J connectivity index is 2.00. The highest BCUT2D eigenvalue weighted by Crippen LogP contribution is 2.28. The monoisotopic (exact) mass is 381 g/mol. The summed E-state index contributed by atoms with van der Waals surface area (Å²) in [5, 5.41) is 7.06. The van der Waals surface area contributed by atoms with Crippen LogP contribution in [-0.2, 0) is 11.8 Å². The van der Waals surface area contributed by atoms with Crippen molar-refractivity contribution in [3.8, 4) is 0 Å². The van der Waals surface area contributed by atoms with Crippen molar-refractivity contribution in [2.45, 2.75) is 19.9 Å². The van der Waals surface area contributed by atoms with Gasteiger partial charge in [-0.05, 0) is 24.1 Å². The van der Waals surface area contributed by atoms with Crippen LogP contribution in [0.5, 0.6) is 0 Å². The largest absolute Gasteiger partial charge is 0.368 e. The maximum absolute atomic E-state index is 11.8. The van der Waals surface area contributed by atoms with E-state index in [9.17, 15) is 9.59 Å². The molecular formula is C19H23N7O2.